The van der Waals surface area contributed by atoms with Gasteiger partial charge in [0.15, 0.2) is 0 Å². The summed E-state index contributed by atoms with van der Waals surface area (Å²) in [6.07, 6.45) is 0. The van der Waals surface area contributed by atoms with E-state index in [1.807, 2.05) is 12.1 Å². The number of nitrogens with zero attached hydrogens (tertiary/aromatic N) is 1. The maximum Gasteiger partial charge on any atom is 0.320 e. The third kappa shape index (κ3) is 3.56. The van der Waals surface area contributed by atoms with Crippen LogP contribution in [0.25, 0.3) is 0 Å². The number of carbonyl (C=O) groups is 1. The van der Waals surface area contributed by atoms with Crippen LogP contribution in [0.15, 0.2) is 54.6 Å². The van der Waals surface area contributed by atoms with Crippen molar-refractivity contribution in [1.29, 1.82) is 5.26 Å². The lowest BCUT2D eigenvalue weighted by molar-refractivity contribution is 0.250. The number of rotatable bonds is 3. The lowest BCUT2D eigenvalue weighted by Crippen LogP contribution is -2.31. The van der Waals surface area contributed by atoms with E-state index in [1.165, 1.54) is 18.2 Å². The Morgan fingerprint density at radius 1 is 1.15 bits per heavy atom. The summed E-state index contributed by atoms with van der Waals surface area (Å²) in [5, 5.41) is 14.1. The number of nitriles is 1. The molecule has 0 aliphatic heterocycles. The van der Waals surface area contributed by atoms with Crippen LogP contribution in [0.4, 0.5) is 14.9 Å². The number of nitrogens with one attached hydrogen (secondary N) is 2. The van der Waals surface area contributed by atoms with E-state index in [-0.39, 0.29) is 0 Å². The van der Waals surface area contributed by atoms with Crippen LogP contribution in [0.2, 0.25) is 0 Å². The summed E-state index contributed by atoms with van der Waals surface area (Å²) in [5.74, 6) is -0.442. The number of amides is 2. The molecule has 2 aromatic rings. The number of halogens is 1. The van der Waals surface area contributed by atoms with Crippen LogP contribution in [-0.4, -0.2) is 6.03 Å². The average molecular weight is 269 g/mol. The van der Waals surface area contributed by atoms with E-state index in [2.05, 4.69) is 10.6 Å². The lowest BCUT2D eigenvalue weighted by Gasteiger charge is -2.12. The van der Waals surface area contributed by atoms with Gasteiger partial charge in [-0.25, -0.2) is 9.18 Å². The van der Waals surface area contributed by atoms with Crippen molar-refractivity contribution in [2.24, 2.45) is 0 Å². The minimum atomic E-state index is -0.759. The van der Waals surface area contributed by atoms with Gasteiger partial charge in [0.1, 0.15) is 11.9 Å². The zero-order valence-corrected chi connectivity index (χ0v) is 10.5. The molecule has 0 saturated carbocycles. The van der Waals surface area contributed by atoms with E-state index in [9.17, 15) is 9.18 Å². The van der Waals surface area contributed by atoms with Crippen LogP contribution in [0.5, 0.6) is 0 Å². The van der Waals surface area contributed by atoms with Gasteiger partial charge in [0.25, 0.3) is 0 Å². The van der Waals surface area contributed by atoms with Crippen LogP contribution in [0, 0.1) is 17.1 Å². The highest BCUT2D eigenvalue weighted by Gasteiger charge is 2.13. The molecule has 0 heterocycles. The molecule has 0 bridgehead atoms. The first-order chi connectivity index (χ1) is 9.69. The maximum atomic E-state index is 13.0. The number of anilines is 1. The standard InChI is InChI=1S/C15H12FN3O/c16-12-7-4-8-13(9-12)18-15(20)19-14(10-17)11-5-2-1-3-6-11/h1-9,14H,(H2,18,19,20). The van der Waals surface area contributed by atoms with Gasteiger partial charge in [-0.1, -0.05) is 36.4 Å². The van der Waals surface area contributed by atoms with Crippen LogP contribution in [-0.2, 0) is 0 Å². The Kier molecular flexibility index (Phi) is 4.30. The Bertz CT molecular complexity index is 637. The maximum absolute atomic E-state index is 13.0. The van der Waals surface area contributed by atoms with Crippen molar-refractivity contribution in [3.63, 3.8) is 0 Å². The molecular weight excluding hydrogens is 257 g/mol. The largest absolute Gasteiger partial charge is 0.320 e. The molecular formula is C15H12FN3O. The lowest BCUT2D eigenvalue weighted by atomic mass is 10.1. The Hall–Kier alpha value is -2.87. The van der Waals surface area contributed by atoms with Crippen LogP contribution < -0.4 is 10.6 Å². The summed E-state index contributed by atoms with van der Waals surface area (Å²) in [4.78, 5) is 11.8. The topological polar surface area (TPSA) is 64.9 Å². The molecule has 1 atom stereocenters. The summed E-state index contributed by atoms with van der Waals surface area (Å²) >= 11 is 0. The van der Waals surface area contributed by atoms with Gasteiger partial charge in [-0.2, -0.15) is 5.26 Å². The molecule has 0 spiro atoms. The van der Waals surface area contributed by atoms with E-state index in [1.54, 1.807) is 30.3 Å². The van der Waals surface area contributed by atoms with Gasteiger partial charge < -0.3 is 10.6 Å². The fourth-order valence-corrected chi connectivity index (χ4v) is 1.70. The summed E-state index contributed by atoms with van der Waals surface area (Å²) in [6, 6.07) is 15.1. The SMILES string of the molecule is N#CC(NC(=O)Nc1cccc(F)c1)c1ccccc1. The van der Waals surface area contributed by atoms with Crippen molar-refractivity contribution in [2.45, 2.75) is 6.04 Å². The summed E-state index contributed by atoms with van der Waals surface area (Å²) < 4.78 is 13.0. The summed E-state index contributed by atoms with van der Waals surface area (Å²) in [7, 11) is 0. The predicted octanol–water partition coefficient (Wildman–Crippen LogP) is 3.21. The molecule has 20 heavy (non-hydrogen) atoms. The van der Waals surface area contributed by atoms with E-state index in [0.29, 0.717) is 11.3 Å². The van der Waals surface area contributed by atoms with Gasteiger partial charge in [0, 0.05) is 5.69 Å². The van der Waals surface area contributed by atoms with E-state index in [4.69, 9.17) is 5.26 Å². The van der Waals surface area contributed by atoms with E-state index in [0.717, 1.165) is 0 Å². The van der Waals surface area contributed by atoms with Crippen molar-refractivity contribution in [2.75, 3.05) is 5.32 Å². The molecule has 100 valence electrons. The van der Waals surface area contributed by atoms with Crippen LogP contribution >= 0.6 is 0 Å². The second kappa shape index (κ2) is 6.34. The summed E-state index contributed by atoms with van der Waals surface area (Å²) in [5.41, 5.74) is 1.01. The van der Waals surface area contributed by atoms with Gasteiger partial charge in [0.05, 0.1) is 6.07 Å². The summed E-state index contributed by atoms with van der Waals surface area (Å²) in [6.45, 7) is 0. The Morgan fingerprint density at radius 3 is 2.55 bits per heavy atom. The first-order valence-electron chi connectivity index (χ1n) is 5.96. The van der Waals surface area contributed by atoms with Crippen molar-refractivity contribution >= 4 is 11.7 Å². The molecule has 2 N–H and O–H groups in total. The highest BCUT2D eigenvalue weighted by Crippen LogP contribution is 2.12. The number of hydrogen-bond donors (Lipinski definition) is 2. The molecule has 0 aliphatic rings. The second-order valence-electron chi connectivity index (χ2n) is 4.08. The van der Waals surface area contributed by atoms with Crippen molar-refractivity contribution < 1.29 is 9.18 Å². The van der Waals surface area contributed by atoms with Crippen LogP contribution in [0.1, 0.15) is 11.6 Å². The monoisotopic (exact) mass is 269 g/mol. The molecule has 2 amide bonds. The van der Waals surface area contributed by atoms with Gasteiger partial charge >= 0.3 is 6.03 Å². The smallest absolute Gasteiger partial charge is 0.318 e. The average Bonchev–Trinajstić information content (AvgIpc) is 2.45. The molecule has 5 heteroatoms. The number of hydrogen-bond acceptors (Lipinski definition) is 2. The van der Waals surface area contributed by atoms with E-state index >= 15 is 0 Å². The van der Waals surface area contributed by atoms with E-state index < -0.39 is 17.9 Å². The third-order valence-electron chi connectivity index (χ3n) is 2.62. The molecule has 1 unspecified atom stereocenters. The zero-order valence-electron chi connectivity index (χ0n) is 10.5. The van der Waals surface area contributed by atoms with Crippen molar-refractivity contribution in [3.05, 3.63) is 66.0 Å². The zero-order chi connectivity index (χ0) is 14.4. The molecule has 0 aliphatic carbocycles. The molecule has 0 fully saturated rings. The van der Waals surface area contributed by atoms with Crippen molar-refractivity contribution in [1.82, 2.24) is 5.32 Å². The quantitative estimate of drug-likeness (QED) is 0.898. The second-order valence-corrected chi connectivity index (χ2v) is 4.08. The molecule has 0 aromatic heterocycles. The predicted molar refractivity (Wildman–Crippen MR) is 73.4 cm³/mol. The van der Waals surface area contributed by atoms with Gasteiger partial charge in [0.2, 0.25) is 0 Å². The minimum Gasteiger partial charge on any atom is -0.318 e. The molecule has 4 nitrogen and oxygen atoms in total. The van der Waals surface area contributed by atoms with Gasteiger partial charge in [-0.05, 0) is 23.8 Å². The highest BCUT2D eigenvalue weighted by molar-refractivity contribution is 5.89. The Balaban J connectivity index is 2.02. The van der Waals surface area contributed by atoms with Crippen LogP contribution in [0.3, 0.4) is 0 Å². The van der Waals surface area contributed by atoms with Gasteiger partial charge in [-0.15, -0.1) is 0 Å². The van der Waals surface area contributed by atoms with Gasteiger partial charge in [-0.3, -0.25) is 0 Å². The fraction of sp³-hybridized carbons (Fsp3) is 0.0667. The molecule has 2 rings (SSSR count). The highest BCUT2D eigenvalue weighted by atomic mass is 19.1. The number of urea groups is 1. The molecule has 0 saturated heterocycles. The molecule has 2 aromatic carbocycles. The fourth-order valence-electron chi connectivity index (χ4n) is 1.70. The molecule has 0 radical (unpaired) electrons. The first-order valence-corrected chi connectivity index (χ1v) is 5.96. The van der Waals surface area contributed by atoms with Crippen molar-refractivity contribution in [3.8, 4) is 6.07 Å². The Morgan fingerprint density at radius 2 is 1.90 bits per heavy atom. The number of carbonyl (C=O) groups excluding carboxylic acids is 1. The third-order valence-corrected chi connectivity index (χ3v) is 2.62. The number of benzene rings is 2. The minimum absolute atomic E-state index is 0.326. The first kappa shape index (κ1) is 13.6. The normalized spacial score (nSPS) is 11.2. The Labute approximate surface area is 115 Å².